The van der Waals surface area contributed by atoms with E-state index in [-0.39, 0.29) is 11.7 Å². The van der Waals surface area contributed by atoms with Crippen molar-refractivity contribution >= 4 is 35.5 Å². The lowest BCUT2D eigenvalue weighted by molar-refractivity contribution is -0.118. The lowest BCUT2D eigenvalue weighted by Gasteiger charge is -2.11. The van der Waals surface area contributed by atoms with Crippen LogP contribution in [0.2, 0.25) is 5.02 Å². The van der Waals surface area contributed by atoms with Gasteiger partial charge in [0.25, 0.3) is 5.91 Å². The van der Waals surface area contributed by atoms with E-state index in [1.807, 2.05) is 71.3 Å². The minimum absolute atomic E-state index is 0.125. The molecule has 1 aromatic heterocycles. The number of benzene rings is 3. The molecule has 4 rings (SSSR count). The highest BCUT2D eigenvalue weighted by Crippen LogP contribution is 2.29. The molecule has 0 aliphatic carbocycles. The third-order valence-corrected chi connectivity index (χ3v) is 5.78. The minimum atomic E-state index is -0.246. The van der Waals surface area contributed by atoms with E-state index in [9.17, 15) is 4.79 Å². The monoisotopic (exact) mass is 477 g/mol. The van der Waals surface area contributed by atoms with E-state index in [1.165, 1.54) is 11.8 Å². The number of amides is 1. The zero-order valence-corrected chi connectivity index (χ0v) is 19.3. The van der Waals surface area contributed by atoms with E-state index in [2.05, 4.69) is 20.7 Å². The van der Waals surface area contributed by atoms with Crippen LogP contribution < -0.4 is 10.2 Å². The lowest BCUT2D eigenvalue weighted by Crippen LogP contribution is -2.20. The van der Waals surface area contributed by atoms with Crippen molar-refractivity contribution < 1.29 is 9.53 Å². The summed E-state index contributed by atoms with van der Waals surface area (Å²) >= 11 is 7.34. The van der Waals surface area contributed by atoms with Crippen LogP contribution >= 0.6 is 23.4 Å². The molecule has 0 radical (unpaired) electrons. The van der Waals surface area contributed by atoms with E-state index < -0.39 is 0 Å². The summed E-state index contributed by atoms with van der Waals surface area (Å²) in [7, 11) is 1.62. The summed E-state index contributed by atoms with van der Waals surface area (Å²) in [6.07, 6.45) is 1.60. The Morgan fingerprint density at radius 3 is 2.48 bits per heavy atom. The van der Waals surface area contributed by atoms with Crippen LogP contribution in [0.5, 0.6) is 5.75 Å². The van der Waals surface area contributed by atoms with Gasteiger partial charge in [0.2, 0.25) is 0 Å². The second-order valence-corrected chi connectivity index (χ2v) is 8.22. The average Bonchev–Trinajstić information content (AvgIpc) is 3.28. The van der Waals surface area contributed by atoms with Gasteiger partial charge in [-0.3, -0.25) is 9.36 Å². The fourth-order valence-corrected chi connectivity index (χ4v) is 3.86. The largest absolute Gasteiger partial charge is 0.497 e. The quantitative estimate of drug-likeness (QED) is 0.223. The van der Waals surface area contributed by atoms with Crippen molar-refractivity contribution in [3.05, 3.63) is 89.4 Å². The molecule has 1 N–H and O–H groups in total. The van der Waals surface area contributed by atoms with Crippen molar-refractivity contribution in [1.29, 1.82) is 0 Å². The molecule has 0 spiro atoms. The Bertz CT molecular complexity index is 1240. The Labute approximate surface area is 200 Å². The summed E-state index contributed by atoms with van der Waals surface area (Å²) in [5, 5.41) is 13.9. The van der Waals surface area contributed by atoms with Gasteiger partial charge in [0.05, 0.1) is 19.1 Å². The van der Waals surface area contributed by atoms with Gasteiger partial charge < -0.3 is 4.74 Å². The van der Waals surface area contributed by atoms with Crippen molar-refractivity contribution in [2.45, 2.75) is 5.16 Å². The first-order chi connectivity index (χ1) is 16.1. The number of carbonyl (C=O) groups is 1. The molecular weight excluding hydrogens is 458 g/mol. The van der Waals surface area contributed by atoms with Crippen LogP contribution in [-0.2, 0) is 4.79 Å². The predicted molar refractivity (Wildman–Crippen MR) is 131 cm³/mol. The first kappa shape index (κ1) is 22.6. The van der Waals surface area contributed by atoms with E-state index >= 15 is 0 Å². The first-order valence-corrected chi connectivity index (χ1v) is 11.4. The van der Waals surface area contributed by atoms with Gasteiger partial charge in [0.15, 0.2) is 11.0 Å². The van der Waals surface area contributed by atoms with E-state index in [0.29, 0.717) is 16.0 Å². The van der Waals surface area contributed by atoms with Crippen molar-refractivity contribution in [2.24, 2.45) is 5.10 Å². The van der Waals surface area contributed by atoms with E-state index in [1.54, 1.807) is 25.5 Å². The topological polar surface area (TPSA) is 81.4 Å². The number of hydrogen-bond donors (Lipinski definition) is 1. The predicted octanol–water partition coefficient (Wildman–Crippen LogP) is 4.84. The van der Waals surface area contributed by atoms with Crippen LogP contribution in [-0.4, -0.2) is 39.7 Å². The smallest absolute Gasteiger partial charge is 0.250 e. The van der Waals surface area contributed by atoms with Crippen LogP contribution in [0.1, 0.15) is 5.56 Å². The van der Waals surface area contributed by atoms with E-state index in [4.69, 9.17) is 16.3 Å². The van der Waals surface area contributed by atoms with Gasteiger partial charge in [-0.25, -0.2) is 5.43 Å². The summed E-state index contributed by atoms with van der Waals surface area (Å²) in [4.78, 5) is 12.3. The number of nitrogens with zero attached hydrogens (tertiary/aromatic N) is 4. The Balaban J connectivity index is 1.53. The summed E-state index contributed by atoms with van der Waals surface area (Å²) in [5.41, 5.74) is 5.14. The van der Waals surface area contributed by atoms with E-state index in [0.717, 1.165) is 22.6 Å². The van der Waals surface area contributed by atoms with Gasteiger partial charge in [0, 0.05) is 16.3 Å². The number of rotatable bonds is 8. The van der Waals surface area contributed by atoms with Crippen molar-refractivity contribution in [1.82, 2.24) is 20.2 Å². The third kappa shape index (κ3) is 5.79. The second-order valence-electron chi connectivity index (χ2n) is 6.84. The molecule has 1 heterocycles. The van der Waals surface area contributed by atoms with Crippen molar-refractivity contribution in [2.75, 3.05) is 12.9 Å². The maximum Gasteiger partial charge on any atom is 0.250 e. The highest BCUT2D eigenvalue weighted by molar-refractivity contribution is 7.99. The highest BCUT2D eigenvalue weighted by atomic mass is 35.5. The molecule has 0 aliphatic rings. The molecule has 0 aliphatic heterocycles. The number of aromatic nitrogens is 3. The summed E-state index contributed by atoms with van der Waals surface area (Å²) in [5.74, 6) is 1.27. The molecule has 1 amide bonds. The number of halogens is 1. The summed E-state index contributed by atoms with van der Waals surface area (Å²) in [6, 6.07) is 24.4. The molecule has 166 valence electrons. The summed E-state index contributed by atoms with van der Waals surface area (Å²) in [6.45, 7) is 0. The third-order valence-electron chi connectivity index (χ3n) is 4.60. The Morgan fingerprint density at radius 2 is 1.79 bits per heavy atom. The zero-order chi connectivity index (χ0) is 23.0. The molecule has 3 aromatic carbocycles. The van der Waals surface area contributed by atoms with Gasteiger partial charge in [-0.15, -0.1) is 10.2 Å². The Hall–Kier alpha value is -3.62. The SMILES string of the molecule is COc1ccc(-c2nnc(SCC(=O)N/N=C/c3ccccc3)n2-c2ccc(Cl)cc2)cc1. The molecule has 9 heteroatoms. The molecule has 0 unspecified atom stereocenters. The molecule has 4 aromatic rings. The summed E-state index contributed by atoms with van der Waals surface area (Å²) < 4.78 is 7.14. The fourth-order valence-electron chi connectivity index (χ4n) is 2.99. The van der Waals surface area contributed by atoms with Crippen LogP contribution in [0.4, 0.5) is 0 Å². The molecule has 0 saturated heterocycles. The van der Waals surface area contributed by atoms with Gasteiger partial charge in [-0.05, 0) is 54.1 Å². The molecule has 0 bridgehead atoms. The standard InChI is InChI=1S/C24H20ClN5O2S/c1-32-21-13-7-18(8-14-21)23-28-29-24(30(23)20-11-9-19(25)10-12-20)33-16-22(31)27-26-15-17-5-3-2-4-6-17/h2-15H,16H2,1H3,(H,27,31)/b26-15+. The van der Waals surface area contributed by atoms with Gasteiger partial charge in [-0.1, -0.05) is 53.7 Å². The molecule has 7 nitrogen and oxygen atoms in total. The van der Waals surface area contributed by atoms with Crippen LogP contribution in [0.25, 0.3) is 17.1 Å². The highest BCUT2D eigenvalue weighted by Gasteiger charge is 2.17. The molecule has 0 atom stereocenters. The number of hydrogen-bond acceptors (Lipinski definition) is 6. The van der Waals surface area contributed by atoms with Gasteiger partial charge >= 0.3 is 0 Å². The Morgan fingerprint density at radius 1 is 1.06 bits per heavy atom. The van der Waals surface area contributed by atoms with Crippen LogP contribution in [0.3, 0.4) is 0 Å². The van der Waals surface area contributed by atoms with Crippen LogP contribution in [0, 0.1) is 0 Å². The maximum atomic E-state index is 12.3. The molecule has 33 heavy (non-hydrogen) atoms. The Kier molecular flexibility index (Phi) is 7.39. The minimum Gasteiger partial charge on any atom is -0.497 e. The molecular formula is C24H20ClN5O2S. The number of nitrogens with one attached hydrogen (secondary N) is 1. The number of ether oxygens (including phenoxy) is 1. The zero-order valence-electron chi connectivity index (χ0n) is 17.7. The molecule has 0 saturated carbocycles. The molecule has 0 fully saturated rings. The fraction of sp³-hybridized carbons (Fsp3) is 0.0833. The normalized spacial score (nSPS) is 11.0. The van der Waals surface area contributed by atoms with Gasteiger partial charge in [0.1, 0.15) is 5.75 Å². The maximum absolute atomic E-state index is 12.3. The lowest BCUT2D eigenvalue weighted by atomic mass is 10.2. The average molecular weight is 478 g/mol. The number of carbonyl (C=O) groups excluding carboxylic acids is 1. The first-order valence-electron chi connectivity index (χ1n) is 9.99. The van der Waals surface area contributed by atoms with Crippen molar-refractivity contribution in [3.63, 3.8) is 0 Å². The second kappa shape index (κ2) is 10.8. The van der Waals surface area contributed by atoms with Gasteiger partial charge in [-0.2, -0.15) is 5.10 Å². The van der Waals surface area contributed by atoms with Crippen LogP contribution in [0.15, 0.2) is 89.1 Å². The number of thioether (sulfide) groups is 1. The van der Waals surface area contributed by atoms with Crippen molar-refractivity contribution in [3.8, 4) is 22.8 Å². The number of methoxy groups -OCH3 is 1. The number of hydrazone groups is 1.